The quantitative estimate of drug-likeness (QED) is 0.578. The molecular weight excluding hydrogens is 126 g/mol. The second-order valence-electron chi connectivity index (χ2n) is 2.09. The molecule has 2 rings (SSSR count). The molecule has 0 unspecified atom stereocenters. The molecule has 1 aromatic carbocycles. The SMILES string of the molecule is c1ccc2c(c1)N=NCN2. The molecule has 0 atom stereocenters. The van der Waals surface area contributed by atoms with Crippen LogP contribution >= 0.6 is 0 Å². The van der Waals surface area contributed by atoms with Gasteiger partial charge in [0.1, 0.15) is 12.4 Å². The van der Waals surface area contributed by atoms with Gasteiger partial charge in [-0.3, -0.25) is 0 Å². The number of anilines is 1. The van der Waals surface area contributed by atoms with Gasteiger partial charge in [-0.1, -0.05) is 12.1 Å². The number of nitrogens with zero attached hydrogens (tertiary/aromatic N) is 2. The van der Waals surface area contributed by atoms with Crippen molar-refractivity contribution in [2.45, 2.75) is 0 Å². The number of hydrogen-bond donors (Lipinski definition) is 1. The second-order valence-corrected chi connectivity index (χ2v) is 2.09. The summed E-state index contributed by atoms with van der Waals surface area (Å²) in [5, 5.41) is 10.9. The lowest BCUT2D eigenvalue weighted by Crippen LogP contribution is -2.00. The van der Waals surface area contributed by atoms with Gasteiger partial charge in [-0.05, 0) is 12.1 Å². The van der Waals surface area contributed by atoms with Crippen LogP contribution in [0.5, 0.6) is 0 Å². The standard InChI is InChI=1S/C7H7N3/c1-2-4-7-6(3-1)8-5-9-10-7/h1-4,8H,5H2. The molecule has 1 N–H and O–H groups in total. The van der Waals surface area contributed by atoms with Crippen molar-refractivity contribution >= 4 is 11.4 Å². The van der Waals surface area contributed by atoms with Gasteiger partial charge in [0.05, 0.1) is 5.69 Å². The number of rotatable bonds is 0. The van der Waals surface area contributed by atoms with Crippen molar-refractivity contribution < 1.29 is 0 Å². The Morgan fingerprint density at radius 1 is 1.30 bits per heavy atom. The molecule has 3 nitrogen and oxygen atoms in total. The van der Waals surface area contributed by atoms with Gasteiger partial charge < -0.3 is 5.32 Å². The van der Waals surface area contributed by atoms with Gasteiger partial charge in [0.2, 0.25) is 0 Å². The van der Waals surface area contributed by atoms with Gasteiger partial charge in [0, 0.05) is 0 Å². The van der Waals surface area contributed by atoms with Crippen LogP contribution < -0.4 is 5.32 Å². The molecule has 10 heavy (non-hydrogen) atoms. The number of nitrogens with one attached hydrogen (secondary N) is 1. The summed E-state index contributed by atoms with van der Waals surface area (Å²) in [5.74, 6) is 0. The van der Waals surface area contributed by atoms with E-state index in [1.165, 1.54) is 0 Å². The number of fused-ring (bicyclic) bond motifs is 1. The molecule has 0 radical (unpaired) electrons. The van der Waals surface area contributed by atoms with E-state index in [1.54, 1.807) is 0 Å². The average Bonchev–Trinajstić information content (AvgIpc) is 2.05. The molecule has 0 fully saturated rings. The van der Waals surface area contributed by atoms with E-state index in [0.29, 0.717) is 6.67 Å². The van der Waals surface area contributed by atoms with E-state index in [4.69, 9.17) is 0 Å². The summed E-state index contributed by atoms with van der Waals surface area (Å²) in [6.45, 7) is 0.594. The van der Waals surface area contributed by atoms with Gasteiger partial charge in [-0.2, -0.15) is 10.2 Å². The first kappa shape index (κ1) is 5.41. The Labute approximate surface area is 58.8 Å². The van der Waals surface area contributed by atoms with E-state index in [0.717, 1.165) is 11.4 Å². The highest BCUT2D eigenvalue weighted by molar-refractivity contribution is 5.65. The zero-order valence-corrected chi connectivity index (χ0v) is 5.41. The van der Waals surface area contributed by atoms with Crippen molar-refractivity contribution in [3.05, 3.63) is 24.3 Å². The van der Waals surface area contributed by atoms with E-state index in [1.807, 2.05) is 24.3 Å². The van der Waals surface area contributed by atoms with Crippen molar-refractivity contribution in [2.75, 3.05) is 12.0 Å². The van der Waals surface area contributed by atoms with Crippen molar-refractivity contribution in [3.63, 3.8) is 0 Å². The highest BCUT2D eigenvalue weighted by atomic mass is 15.2. The summed E-state index contributed by atoms with van der Waals surface area (Å²) < 4.78 is 0. The normalized spacial score (nSPS) is 14.0. The van der Waals surface area contributed by atoms with E-state index < -0.39 is 0 Å². The molecule has 0 bridgehead atoms. The van der Waals surface area contributed by atoms with Crippen LogP contribution in [0.15, 0.2) is 34.5 Å². The fourth-order valence-electron chi connectivity index (χ4n) is 0.942. The molecule has 0 amide bonds. The Morgan fingerprint density at radius 3 is 3.10 bits per heavy atom. The first-order chi connectivity index (χ1) is 4.97. The first-order valence-electron chi connectivity index (χ1n) is 3.17. The molecule has 50 valence electrons. The van der Waals surface area contributed by atoms with Crippen LogP contribution in [0, 0.1) is 0 Å². The smallest absolute Gasteiger partial charge is 0.129 e. The lowest BCUT2D eigenvalue weighted by atomic mass is 10.3. The van der Waals surface area contributed by atoms with Crippen LogP contribution in [0.3, 0.4) is 0 Å². The van der Waals surface area contributed by atoms with Crippen LogP contribution in [-0.4, -0.2) is 6.67 Å². The summed E-state index contributed by atoms with van der Waals surface area (Å²) in [6, 6.07) is 7.86. The maximum Gasteiger partial charge on any atom is 0.129 e. The van der Waals surface area contributed by atoms with Crippen LogP contribution in [0.4, 0.5) is 11.4 Å². The molecule has 0 saturated carbocycles. The van der Waals surface area contributed by atoms with Crippen LogP contribution in [0.2, 0.25) is 0 Å². The molecule has 0 saturated heterocycles. The minimum Gasteiger partial charge on any atom is -0.363 e. The Kier molecular flexibility index (Phi) is 1.13. The van der Waals surface area contributed by atoms with Crippen molar-refractivity contribution in [3.8, 4) is 0 Å². The van der Waals surface area contributed by atoms with Gasteiger partial charge in [0.15, 0.2) is 0 Å². The second kappa shape index (κ2) is 2.10. The fraction of sp³-hybridized carbons (Fsp3) is 0.143. The molecular formula is C7H7N3. The van der Waals surface area contributed by atoms with Gasteiger partial charge in [-0.15, -0.1) is 0 Å². The molecule has 0 aromatic heterocycles. The number of benzene rings is 1. The summed E-state index contributed by atoms with van der Waals surface area (Å²) in [6.07, 6.45) is 0. The van der Waals surface area contributed by atoms with E-state index in [9.17, 15) is 0 Å². The highest BCUT2D eigenvalue weighted by Gasteiger charge is 2.01. The van der Waals surface area contributed by atoms with Gasteiger partial charge in [-0.25, -0.2) is 0 Å². The topological polar surface area (TPSA) is 36.8 Å². The third kappa shape index (κ3) is 0.757. The first-order valence-corrected chi connectivity index (χ1v) is 3.17. The molecule has 1 heterocycles. The minimum atomic E-state index is 0.594. The molecule has 3 heteroatoms. The average molecular weight is 133 g/mol. The maximum absolute atomic E-state index is 3.96. The largest absolute Gasteiger partial charge is 0.363 e. The Morgan fingerprint density at radius 2 is 2.20 bits per heavy atom. The van der Waals surface area contributed by atoms with E-state index in [2.05, 4.69) is 15.5 Å². The van der Waals surface area contributed by atoms with E-state index >= 15 is 0 Å². The lowest BCUT2D eigenvalue weighted by Gasteiger charge is -2.08. The maximum atomic E-state index is 3.96. The summed E-state index contributed by atoms with van der Waals surface area (Å²) >= 11 is 0. The van der Waals surface area contributed by atoms with Crippen LogP contribution in [0.25, 0.3) is 0 Å². The monoisotopic (exact) mass is 133 g/mol. The van der Waals surface area contributed by atoms with Crippen LogP contribution in [0.1, 0.15) is 0 Å². The summed E-state index contributed by atoms with van der Waals surface area (Å²) in [5.41, 5.74) is 1.99. The lowest BCUT2D eigenvalue weighted by molar-refractivity contribution is 0.984. The van der Waals surface area contributed by atoms with Crippen molar-refractivity contribution in [2.24, 2.45) is 10.2 Å². The molecule has 0 aliphatic carbocycles. The number of azo groups is 1. The molecule has 1 aromatic rings. The number of hydrogen-bond acceptors (Lipinski definition) is 3. The zero-order valence-electron chi connectivity index (χ0n) is 5.41. The molecule has 1 aliphatic rings. The minimum absolute atomic E-state index is 0.594. The Bertz CT molecular complexity index is 267. The van der Waals surface area contributed by atoms with Gasteiger partial charge >= 0.3 is 0 Å². The predicted octanol–water partition coefficient (Wildman–Crippen LogP) is 2.15. The van der Waals surface area contributed by atoms with E-state index in [-0.39, 0.29) is 0 Å². The number of para-hydroxylation sites is 1. The van der Waals surface area contributed by atoms with Crippen molar-refractivity contribution in [1.29, 1.82) is 0 Å². The molecule has 0 spiro atoms. The Hall–Kier alpha value is -1.38. The summed E-state index contributed by atoms with van der Waals surface area (Å²) in [7, 11) is 0. The van der Waals surface area contributed by atoms with Gasteiger partial charge in [0.25, 0.3) is 0 Å². The Balaban J connectivity index is 2.54. The third-order valence-corrected chi connectivity index (χ3v) is 1.42. The van der Waals surface area contributed by atoms with Crippen LogP contribution in [-0.2, 0) is 0 Å². The third-order valence-electron chi connectivity index (χ3n) is 1.42. The fourth-order valence-corrected chi connectivity index (χ4v) is 0.942. The predicted molar refractivity (Wildman–Crippen MR) is 39.4 cm³/mol. The highest BCUT2D eigenvalue weighted by Crippen LogP contribution is 2.26. The summed E-state index contributed by atoms with van der Waals surface area (Å²) in [4.78, 5) is 0. The van der Waals surface area contributed by atoms with Crippen molar-refractivity contribution in [1.82, 2.24) is 0 Å². The molecule has 1 aliphatic heterocycles. The zero-order chi connectivity index (χ0) is 6.81.